The number of hydrogen-bond donors (Lipinski definition) is 1. The van der Waals surface area contributed by atoms with Crippen LogP contribution in [0.25, 0.3) is 0 Å². The Morgan fingerprint density at radius 2 is 1.84 bits per heavy atom. The molecule has 6 heteroatoms. The van der Waals surface area contributed by atoms with Gasteiger partial charge in [0.15, 0.2) is 0 Å². The molecular formula is C19H27ClFNO3. The van der Waals surface area contributed by atoms with Crippen LogP contribution in [0.3, 0.4) is 0 Å². The molecule has 140 valence electrons. The van der Waals surface area contributed by atoms with E-state index in [0.717, 1.165) is 0 Å². The van der Waals surface area contributed by atoms with Gasteiger partial charge < -0.3 is 14.7 Å². The summed E-state index contributed by atoms with van der Waals surface area (Å²) in [6.45, 7) is 11.4. The van der Waals surface area contributed by atoms with E-state index in [4.69, 9.17) is 16.3 Å². The van der Waals surface area contributed by atoms with Crippen LogP contribution in [0.1, 0.15) is 45.7 Å². The van der Waals surface area contributed by atoms with Gasteiger partial charge in [-0.3, -0.25) is 0 Å². The summed E-state index contributed by atoms with van der Waals surface area (Å²) >= 11 is 5.91. The number of carbonyl (C=O) groups is 1. The number of halogens is 2. The maximum atomic E-state index is 14.6. The predicted molar refractivity (Wildman–Crippen MR) is 96.2 cm³/mol. The summed E-state index contributed by atoms with van der Waals surface area (Å²) in [6, 6.07) is 2.87. The first kappa shape index (κ1) is 20.0. The lowest BCUT2D eigenvalue weighted by Crippen LogP contribution is -2.57. The average Bonchev–Trinajstić information content (AvgIpc) is 2.41. The number of hydrogen-bond acceptors (Lipinski definition) is 3. The van der Waals surface area contributed by atoms with Gasteiger partial charge in [-0.1, -0.05) is 25.4 Å². The number of benzene rings is 1. The van der Waals surface area contributed by atoms with E-state index in [1.165, 1.54) is 6.07 Å². The van der Waals surface area contributed by atoms with Crippen molar-refractivity contribution in [2.75, 3.05) is 13.1 Å². The van der Waals surface area contributed by atoms with Crippen LogP contribution in [-0.4, -0.2) is 34.8 Å². The Morgan fingerprint density at radius 3 is 2.28 bits per heavy atom. The number of aryl methyl sites for hydroxylation is 1. The molecule has 1 amide bonds. The molecule has 1 N–H and O–H groups in total. The standard InChI is InChI=1S/C19H27ClFNO3/c1-11-7-14(20)8-15(21)16(11)19(24)12(2)9-22(10-13(19)3)17(23)25-18(4,5)6/h7-8,12-13,24H,9-10H2,1-6H3/t12-,13+,19?. The third-order valence-corrected chi connectivity index (χ3v) is 5.01. The molecule has 1 aromatic rings. The Hall–Kier alpha value is -1.33. The first-order valence-electron chi connectivity index (χ1n) is 8.52. The van der Waals surface area contributed by atoms with E-state index >= 15 is 0 Å². The van der Waals surface area contributed by atoms with Crippen molar-refractivity contribution in [2.24, 2.45) is 11.8 Å². The number of aliphatic hydroxyl groups is 1. The van der Waals surface area contributed by atoms with Crippen LogP contribution in [0.15, 0.2) is 12.1 Å². The topological polar surface area (TPSA) is 49.8 Å². The SMILES string of the molecule is Cc1cc(Cl)cc(F)c1C1(O)[C@H](C)CN(C(=O)OC(C)(C)C)C[C@@H]1C. The minimum Gasteiger partial charge on any atom is -0.444 e. The molecule has 1 saturated heterocycles. The summed E-state index contributed by atoms with van der Waals surface area (Å²) in [5, 5.41) is 11.7. The highest BCUT2D eigenvalue weighted by molar-refractivity contribution is 6.30. The number of carbonyl (C=O) groups excluding carboxylic acids is 1. The zero-order valence-electron chi connectivity index (χ0n) is 15.7. The van der Waals surface area contributed by atoms with E-state index in [-0.39, 0.29) is 30.5 Å². The molecule has 0 aromatic heterocycles. The monoisotopic (exact) mass is 371 g/mol. The minimum absolute atomic E-state index is 0.265. The second-order valence-corrected chi connectivity index (χ2v) is 8.53. The van der Waals surface area contributed by atoms with Crippen LogP contribution in [0, 0.1) is 24.6 Å². The molecule has 1 heterocycles. The number of amides is 1. The average molecular weight is 372 g/mol. The van der Waals surface area contributed by atoms with Gasteiger partial charge in [-0.25, -0.2) is 9.18 Å². The highest BCUT2D eigenvalue weighted by atomic mass is 35.5. The Labute approximate surface area is 153 Å². The largest absolute Gasteiger partial charge is 0.444 e. The maximum absolute atomic E-state index is 14.6. The molecule has 4 nitrogen and oxygen atoms in total. The minimum atomic E-state index is -1.38. The summed E-state index contributed by atoms with van der Waals surface area (Å²) in [5.74, 6) is -1.24. The number of piperidine rings is 1. The van der Waals surface area contributed by atoms with Crippen molar-refractivity contribution in [3.05, 3.63) is 34.1 Å². The highest BCUT2D eigenvalue weighted by Gasteiger charge is 2.49. The molecule has 1 aliphatic heterocycles. The molecule has 0 radical (unpaired) electrons. The van der Waals surface area contributed by atoms with Crippen molar-refractivity contribution in [1.82, 2.24) is 4.90 Å². The quantitative estimate of drug-likeness (QED) is 0.790. The molecule has 1 fully saturated rings. The van der Waals surface area contributed by atoms with E-state index < -0.39 is 23.1 Å². The van der Waals surface area contributed by atoms with Crippen LogP contribution in [0.4, 0.5) is 9.18 Å². The third-order valence-electron chi connectivity index (χ3n) is 4.80. The molecule has 1 unspecified atom stereocenters. The summed E-state index contributed by atoms with van der Waals surface area (Å²) in [4.78, 5) is 13.9. The van der Waals surface area contributed by atoms with E-state index in [2.05, 4.69) is 0 Å². The Morgan fingerprint density at radius 1 is 1.32 bits per heavy atom. The number of ether oxygens (including phenoxy) is 1. The normalized spacial score (nSPS) is 27.3. The fraction of sp³-hybridized carbons (Fsp3) is 0.632. The number of rotatable bonds is 1. The van der Waals surface area contributed by atoms with Gasteiger partial charge in [0.05, 0.1) is 0 Å². The summed E-state index contributed by atoms with van der Waals surface area (Å²) in [7, 11) is 0. The highest BCUT2D eigenvalue weighted by Crippen LogP contribution is 2.44. The number of nitrogens with zero attached hydrogens (tertiary/aromatic N) is 1. The summed E-state index contributed by atoms with van der Waals surface area (Å²) < 4.78 is 20.0. The predicted octanol–water partition coefficient (Wildman–Crippen LogP) is 4.50. The van der Waals surface area contributed by atoms with Gasteiger partial charge in [-0.05, 0) is 45.4 Å². The van der Waals surface area contributed by atoms with Gasteiger partial charge >= 0.3 is 6.09 Å². The maximum Gasteiger partial charge on any atom is 0.410 e. The summed E-state index contributed by atoms with van der Waals surface area (Å²) in [5.41, 5.74) is -1.09. The van der Waals surface area contributed by atoms with E-state index in [1.54, 1.807) is 17.9 Å². The van der Waals surface area contributed by atoms with E-state index in [9.17, 15) is 14.3 Å². The van der Waals surface area contributed by atoms with Crippen LogP contribution in [0.5, 0.6) is 0 Å². The molecule has 3 atom stereocenters. The van der Waals surface area contributed by atoms with Gasteiger partial charge in [0, 0.05) is 35.5 Å². The molecule has 1 aromatic carbocycles. The molecule has 2 rings (SSSR count). The van der Waals surface area contributed by atoms with Crippen molar-refractivity contribution < 1.29 is 19.0 Å². The second-order valence-electron chi connectivity index (χ2n) is 8.09. The Bertz CT molecular complexity index is 636. The van der Waals surface area contributed by atoms with Crippen LogP contribution < -0.4 is 0 Å². The molecule has 0 aliphatic carbocycles. The van der Waals surface area contributed by atoms with Gasteiger partial charge in [0.2, 0.25) is 0 Å². The molecule has 1 aliphatic rings. The van der Waals surface area contributed by atoms with Crippen LogP contribution >= 0.6 is 11.6 Å². The van der Waals surface area contributed by atoms with Crippen molar-refractivity contribution in [2.45, 2.75) is 52.7 Å². The second kappa shape index (κ2) is 6.76. The lowest BCUT2D eigenvalue weighted by atomic mass is 9.69. The van der Waals surface area contributed by atoms with Crippen LogP contribution in [-0.2, 0) is 10.3 Å². The van der Waals surface area contributed by atoms with Crippen LogP contribution in [0.2, 0.25) is 5.02 Å². The van der Waals surface area contributed by atoms with Crippen molar-refractivity contribution in [3.63, 3.8) is 0 Å². The molecule has 0 bridgehead atoms. The molecule has 0 spiro atoms. The number of likely N-dealkylation sites (tertiary alicyclic amines) is 1. The lowest BCUT2D eigenvalue weighted by molar-refractivity contribution is -0.113. The Balaban J connectivity index is 2.33. The molecule has 25 heavy (non-hydrogen) atoms. The first-order chi connectivity index (χ1) is 11.4. The third kappa shape index (κ3) is 3.93. The van der Waals surface area contributed by atoms with Crippen molar-refractivity contribution in [3.8, 4) is 0 Å². The summed E-state index contributed by atoms with van der Waals surface area (Å²) in [6.07, 6.45) is -0.415. The zero-order valence-corrected chi connectivity index (χ0v) is 16.4. The Kier molecular flexibility index (Phi) is 5.41. The first-order valence-corrected chi connectivity index (χ1v) is 8.90. The molecular weight excluding hydrogens is 345 g/mol. The fourth-order valence-electron chi connectivity index (χ4n) is 3.68. The van der Waals surface area contributed by atoms with Gasteiger partial charge in [0.25, 0.3) is 0 Å². The zero-order chi connectivity index (χ0) is 19.2. The van der Waals surface area contributed by atoms with Gasteiger partial charge in [-0.2, -0.15) is 0 Å². The molecule has 0 saturated carbocycles. The van der Waals surface area contributed by atoms with Crippen molar-refractivity contribution in [1.29, 1.82) is 0 Å². The lowest BCUT2D eigenvalue weighted by Gasteiger charge is -2.48. The van der Waals surface area contributed by atoms with Gasteiger partial charge in [-0.15, -0.1) is 0 Å². The fourth-order valence-corrected chi connectivity index (χ4v) is 3.94. The van der Waals surface area contributed by atoms with Crippen molar-refractivity contribution >= 4 is 17.7 Å². The smallest absolute Gasteiger partial charge is 0.410 e. The van der Waals surface area contributed by atoms with Gasteiger partial charge in [0.1, 0.15) is 17.0 Å². The van der Waals surface area contributed by atoms with E-state index in [1.807, 2.05) is 34.6 Å². The van der Waals surface area contributed by atoms with E-state index in [0.29, 0.717) is 10.6 Å².